The maximum Gasteiger partial charge on any atom is 2.00 e. The topological polar surface area (TPSA) is 12.9 Å². The largest absolute Gasteiger partial charge is 2.00 e. The third-order valence-electron chi connectivity index (χ3n) is 4.67. The standard InChI is InChI=1S/C24H34NP.CH3.Ni/c1-22(2,3)17-14-19(23(4,5)6)21(20(15-17)24(7,8)9)26-16-18-12-10-11-13-25-18;;/h10-16H,1-9H3;1H3;/q;-1;+2/p+1. The summed E-state index contributed by atoms with van der Waals surface area (Å²) in [5.41, 5.74) is 5.81. The second-order valence-electron chi connectivity index (χ2n) is 10.2. The van der Waals surface area contributed by atoms with E-state index in [4.69, 9.17) is 0 Å². The van der Waals surface area contributed by atoms with Gasteiger partial charge in [-0.3, -0.25) is 4.98 Å². The number of aromatic nitrogens is 1. The molecular weight excluding hydrogens is 404 g/mol. The van der Waals surface area contributed by atoms with Gasteiger partial charge in [-0.1, -0.05) is 80.5 Å². The first-order chi connectivity index (χ1) is 11.8. The molecule has 2 aromatic rings. The Balaban J connectivity index is 0.00000364. The Morgan fingerprint density at radius 1 is 0.786 bits per heavy atom. The van der Waals surface area contributed by atoms with E-state index in [0.29, 0.717) is 8.20 Å². The zero-order chi connectivity index (χ0) is 19.8. The number of hydrogen-bond acceptors (Lipinski definition) is 1. The summed E-state index contributed by atoms with van der Waals surface area (Å²) >= 11 is 0. The molecule has 28 heavy (non-hydrogen) atoms. The van der Waals surface area contributed by atoms with Crippen LogP contribution in [0.5, 0.6) is 0 Å². The number of benzene rings is 1. The van der Waals surface area contributed by atoms with Crippen LogP contribution in [-0.2, 0) is 32.7 Å². The third-order valence-corrected chi connectivity index (χ3v) is 5.94. The van der Waals surface area contributed by atoms with Gasteiger partial charge in [0.15, 0.2) is 5.30 Å². The Morgan fingerprint density at radius 2 is 1.29 bits per heavy atom. The maximum atomic E-state index is 4.49. The first-order valence-corrected chi connectivity index (χ1v) is 10.6. The van der Waals surface area contributed by atoms with Crippen molar-refractivity contribution in [1.29, 1.82) is 0 Å². The molecular formula is C25H38NNiP+2. The SMILES string of the molecule is CC(C)(C)c1cc(C(C)(C)C)c(/[PH+]=C/c2ccccn2)c(C(C)(C)C)c1.[CH3-].[Ni+2]. The van der Waals surface area contributed by atoms with E-state index in [2.05, 4.69) is 97.4 Å². The summed E-state index contributed by atoms with van der Waals surface area (Å²) < 4.78 is 0. The number of pyridine rings is 1. The van der Waals surface area contributed by atoms with Crippen molar-refractivity contribution in [2.45, 2.75) is 78.6 Å². The van der Waals surface area contributed by atoms with E-state index in [-0.39, 0.29) is 40.2 Å². The van der Waals surface area contributed by atoms with E-state index < -0.39 is 0 Å². The second-order valence-corrected chi connectivity index (χ2v) is 11.3. The summed E-state index contributed by atoms with van der Waals surface area (Å²) in [5, 5.41) is 1.49. The van der Waals surface area contributed by atoms with E-state index in [1.54, 1.807) is 0 Å². The van der Waals surface area contributed by atoms with E-state index in [1.165, 1.54) is 22.0 Å². The van der Waals surface area contributed by atoms with Gasteiger partial charge in [0.2, 0.25) is 0 Å². The average molecular weight is 442 g/mol. The van der Waals surface area contributed by atoms with Gasteiger partial charge < -0.3 is 7.43 Å². The summed E-state index contributed by atoms with van der Waals surface area (Å²) in [4.78, 5) is 4.49. The predicted molar refractivity (Wildman–Crippen MR) is 126 cm³/mol. The molecule has 1 heterocycles. The smallest absolute Gasteiger partial charge is 0.358 e. The Morgan fingerprint density at radius 3 is 1.64 bits per heavy atom. The molecule has 0 spiro atoms. The first kappa shape index (κ1) is 27.0. The van der Waals surface area contributed by atoms with Crippen LogP contribution in [0.15, 0.2) is 36.5 Å². The summed E-state index contributed by atoms with van der Waals surface area (Å²) in [5.74, 6) is 2.29. The zero-order valence-corrected chi connectivity index (χ0v) is 21.3. The van der Waals surface area contributed by atoms with Crippen molar-refractivity contribution in [3.8, 4) is 0 Å². The fourth-order valence-electron chi connectivity index (χ4n) is 3.02. The molecule has 0 aliphatic rings. The molecule has 2 rings (SSSR count). The molecule has 0 aliphatic heterocycles. The molecule has 0 amide bonds. The van der Waals surface area contributed by atoms with Crippen LogP contribution in [0.2, 0.25) is 0 Å². The molecule has 1 aromatic carbocycles. The van der Waals surface area contributed by atoms with Crippen LogP contribution >= 0.6 is 8.20 Å². The molecule has 3 heteroatoms. The van der Waals surface area contributed by atoms with Crippen molar-refractivity contribution in [3.63, 3.8) is 0 Å². The first-order valence-electron chi connectivity index (χ1n) is 9.50. The van der Waals surface area contributed by atoms with Gasteiger partial charge in [0, 0.05) is 17.3 Å². The number of hydrogen-bond donors (Lipinski definition) is 0. The Hall–Kier alpha value is -0.966. The van der Waals surface area contributed by atoms with Crippen LogP contribution < -0.4 is 5.30 Å². The van der Waals surface area contributed by atoms with Crippen LogP contribution in [0.3, 0.4) is 0 Å². The number of nitrogens with zero attached hydrogens (tertiary/aromatic N) is 1. The van der Waals surface area contributed by atoms with Gasteiger partial charge in [-0.05, 0) is 33.9 Å². The van der Waals surface area contributed by atoms with Crippen molar-refractivity contribution in [3.05, 3.63) is 66.3 Å². The summed E-state index contributed by atoms with van der Waals surface area (Å²) in [6.07, 6.45) is 1.87. The van der Waals surface area contributed by atoms with Crippen LogP contribution in [-0.4, -0.2) is 10.8 Å². The van der Waals surface area contributed by atoms with Crippen molar-refractivity contribution in [2.24, 2.45) is 0 Å². The maximum absolute atomic E-state index is 4.49. The average Bonchev–Trinajstić information content (AvgIpc) is 2.50. The van der Waals surface area contributed by atoms with Crippen LogP contribution in [0.4, 0.5) is 0 Å². The summed E-state index contributed by atoms with van der Waals surface area (Å²) in [6.45, 7) is 20.9. The van der Waals surface area contributed by atoms with Crippen molar-refractivity contribution < 1.29 is 16.5 Å². The summed E-state index contributed by atoms with van der Waals surface area (Å²) in [7, 11) is 0.619. The fraction of sp³-hybridized carbons (Fsp3) is 0.480. The van der Waals surface area contributed by atoms with E-state index in [1.807, 2.05) is 12.3 Å². The molecule has 0 radical (unpaired) electrons. The third kappa shape index (κ3) is 6.82. The van der Waals surface area contributed by atoms with Gasteiger partial charge in [-0.25, -0.2) is 0 Å². The van der Waals surface area contributed by atoms with Gasteiger partial charge in [0.05, 0.1) is 0 Å². The zero-order valence-electron chi connectivity index (χ0n) is 19.3. The van der Waals surface area contributed by atoms with E-state index in [0.717, 1.165) is 5.69 Å². The minimum absolute atomic E-state index is 0. The predicted octanol–water partition coefficient (Wildman–Crippen LogP) is 6.58. The molecule has 1 nitrogen and oxygen atoms in total. The molecule has 0 saturated heterocycles. The molecule has 0 aliphatic carbocycles. The van der Waals surface area contributed by atoms with Gasteiger partial charge >= 0.3 is 16.5 Å². The Kier molecular flexibility index (Phi) is 9.35. The molecule has 0 saturated carbocycles. The number of rotatable bonds is 2. The van der Waals surface area contributed by atoms with Crippen molar-refractivity contribution in [2.75, 3.05) is 0 Å². The van der Waals surface area contributed by atoms with E-state index in [9.17, 15) is 0 Å². The molecule has 0 bridgehead atoms. The molecule has 1 atom stereocenters. The van der Waals surface area contributed by atoms with Crippen molar-refractivity contribution in [1.82, 2.24) is 4.98 Å². The van der Waals surface area contributed by atoms with Crippen molar-refractivity contribution >= 4 is 19.3 Å². The van der Waals surface area contributed by atoms with Gasteiger partial charge in [-0.2, -0.15) is 0 Å². The fourth-order valence-corrected chi connectivity index (χ4v) is 4.69. The quantitative estimate of drug-likeness (QED) is 0.291. The molecule has 0 N–H and O–H groups in total. The van der Waals surface area contributed by atoms with Crippen LogP contribution in [0.25, 0.3) is 0 Å². The molecule has 156 valence electrons. The van der Waals surface area contributed by atoms with Gasteiger partial charge in [0.25, 0.3) is 0 Å². The Bertz CT molecular complexity index is 753. The normalized spacial score (nSPS) is 12.5. The van der Waals surface area contributed by atoms with Gasteiger partial charge in [-0.15, -0.1) is 0 Å². The second kappa shape index (κ2) is 9.69. The Labute approximate surface area is 185 Å². The summed E-state index contributed by atoms with van der Waals surface area (Å²) in [6, 6.07) is 11.0. The van der Waals surface area contributed by atoms with Crippen LogP contribution in [0.1, 0.15) is 84.7 Å². The van der Waals surface area contributed by atoms with Gasteiger partial charge in [0.1, 0.15) is 19.7 Å². The monoisotopic (exact) mass is 441 g/mol. The minimum atomic E-state index is 0. The van der Waals surface area contributed by atoms with E-state index >= 15 is 0 Å². The molecule has 1 unspecified atom stereocenters. The van der Waals surface area contributed by atoms with Crippen LogP contribution in [0, 0.1) is 7.43 Å². The molecule has 0 fully saturated rings. The minimum Gasteiger partial charge on any atom is -0.358 e. The molecule has 1 aromatic heterocycles.